The van der Waals surface area contributed by atoms with Crippen LogP contribution in [-0.4, -0.2) is 48.9 Å². The average molecular weight is 436 g/mol. The largest absolute Gasteiger partial charge is 0.497 e. The number of rotatable bonds is 6. The lowest BCUT2D eigenvalue weighted by Gasteiger charge is -2.11. The molecule has 1 aromatic carbocycles. The predicted molar refractivity (Wildman–Crippen MR) is 118 cm³/mol. The molecule has 0 aliphatic carbocycles. The predicted octanol–water partition coefficient (Wildman–Crippen LogP) is 3.71. The molecule has 158 valence electrons. The van der Waals surface area contributed by atoms with Crippen LogP contribution in [0.5, 0.6) is 5.75 Å². The number of fused-ring (bicyclic) bond motifs is 1. The summed E-state index contributed by atoms with van der Waals surface area (Å²) in [5.74, 6) is 1.11. The molecule has 0 saturated heterocycles. The molecule has 8 nitrogen and oxygen atoms in total. The minimum Gasteiger partial charge on any atom is -0.497 e. The zero-order valence-electron chi connectivity index (χ0n) is 17.2. The monoisotopic (exact) mass is 436 g/mol. The van der Waals surface area contributed by atoms with E-state index in [9.17, 15) is 8.42 Å². The van der Waals surface area contributed by atoms with Gasteiger partial charge >= 0.3 is 0 Å². The molecular formula is C22H20N4O4S. The standard InChI is InChI=1S/C22H20N4O4S/c1-26(2)31(27,28)19-7-4-15(5-8-19)16-12-20-22(24-14-16)25-21(30-20)9-6-17-13-18(29-3)10-11-23-17/h4-14H,1-3H3. The van der Waals surface area contributed by atoms with Crippen LogP contribution in [-0.2, 0) is 10.0 Å². The molecule has 0 saturated carbocycles. The van der Waals surface area contributed by atoms with Crippen molar-refractivity contribution in [3.8, 4) is 16.9 Å². The SMILES string of the molecule is COc1ccnc(C=Cc2nc3ncc(-c4ccc(S(=O)(=O)N(C)C)cc4)cc3o2)c1. The maximum absolute atomic E-state index is 12.2. The van der Waals surface area contributed by atoms with Gasteiger partial charge in [-0.3, -0.25) is 4.98 Å². The van der Waals surface area contributed by atoms with Crippen molar-refractivity contribution in [2.24, 2.45) is 0 Å². The second kappa shape index (κ2) is 8.29. The van der Waals surface area contributed by atoms with Crippen molar-refractivity contribution in [3.05, 3.63) is 66.4 Å². The molecule has 0 radical (unpaired) electrons. The van der Waals surface area contributed by atoms with Crippen molar-refractivity contribution in [1.82, 2.24) is 19.3 Å². The van der Waals surface area contributed by atoms with E-state index in [2.05, 4.69) is 15.0 Å². The van der Waals surface area contributed by atoms with Crippen LogP contribution in [0.1, 0.15) is 11.6 Å². The maximum Gasteiger partial charge on any atom is 0.242 e. The lowest BCUT2D eigenvalue weighted by Crippen LogP contribution is -2.22. The third kappa shape index (κ3) is 4.32. The van der Waals surface area contributed by atoms with Gasteiger partial charge in [-0.25, -0.2) is 17.7 Å². The smallest absolute Gasteiger partial charge is 0.242 e. The summed E-state index contributed by atoms with van der Waals surface area (Å²) < 4.78 is 36.6. The Balaban J connectivity index is 1.60. The minimum absolute atomic E-state index is 0.230. The van der Waals surface area contributed by atoms with E-state index in [1.165, 1.54) is 18.4 Å². The number of nitrogens with zero attached hydrogens (tertiary/aromatic N) is 4. The van der Waals surface area contributed by atoms with Crippen LogP contribution in [0.15, 0.2) is 64.2 Å². The quantitative estimate of drug-likeness (QED) is 0.454. The Morgan fingerprint density at radius 1 is 1.00 bits per heavy atom. The topological polar surface area (TPSA) is 98.4 Å². The Bertz CT molecular complexity index is 1360. The van der Waals surface area contributed by atoms with Crippen LogP contribution in [0.2, 0.25) is 0 Å². The van der Waals surface area contributed by atoms with Crippen LogP contribution in [0.3, 0.4) is 0 Å². The van der Waals surface area contributed by atoms with Gasteiger partial charge in [-0.15, -0.1) is 0 Å². The summed E-state index contributed by atoms with van der Waals surface area (Å²) in [6.07, 6.45) is 6.83. The molecule has 0 spiro atoms. The fourth-order valence-electron chi connectivity index (χ4n) is 2.90. The zero-order valence-corrected chi connectivity index (χ0v) is 18.0. The van der Waals surface area contributed by atoms with Gasteiger partial charge < -0.3 is 9.15 Å². The Kier molecular flexibility index (Phi) is 5.53. The highest BCUT2D eigenvalue weighted by Crippen LogP contribution is 2.25. The van der Waals surface area contributed by atoms with Crippen molar-refractivity contribution in [1.29, 1.82) is 0 Å². The summed E-state index contributed by atoms with van der Waals surface area (Å²) in [6.45, 7) is 0. The Hall–Kier alpha value is -3.56. The normalized spacial score (nSPS) is 12.1. The van der Waals surface area contributed by atoms with Gasteiger partial charge in [-0.1, -0.05) is 12.1 Å². The first-order valence-corrected chi connectivity index (χ1v) is 10.8. The average Bonchev–Trinajstić information content (AvgIpc) is 3.20. The molecule has 4 aromatic rings. The van der Waals surface area contributed by atoms with Crippen LogP contribution in [0, 0.1) is 0 Å². The first-order valence-electron chi connectivity index (χ1n) is 9.34. The van der Waals surface area contributed by atoms with Gasteiger partial charge in [0.15, 0.2) is 11.2 Å². The van der Waals surface area contributed by atoms with Gasteiger partial charge in [0.25, 0.3) is 0 Å². The van der Waals surface area contributed by atoms with E-state index in [1.807, 2.05) is 6.07 Å². The summed E-state index contributed by atoms with van der Waals surface area (Å²) in [6, 6.07) is 12.0. The third-order valence-corrected chi connectivity index (χ3v) is 6.44. The Labute approximate surface area is 179 Å². The minimum atomic E-state index is -3.47. The molecule has 9 heteroatoms. The highest BCUT2D eigenvalue weighted by Gasteiger charge is 2.17. The first-order chi connectivity index (χ1) is 14.9. The molecule has 0 N–H and O–H groups in total. The van der Waals surface area contributed by atoms with E-state index in [0.29, 0.717) is 28.6 Å². The van der Waals surface area contributed by atoms with E-state index >= 15 is 0 Å². The van der Waals surface area contributed by atoms with Gasteiger partial charge in [0.2, 0.25) is 15.9 Å². The summed E-state index contributed by atoms with van der Waals surface area (Å²) in [4.78, 5) is 13.2. The maximum atomic E-state index is 12.2. The lowest BCUT2D eigenvalue weighted by atomic mass is 10.1. The van der Waals surface area contributed by atoms with Crippen molar-refractivity contribution in [3.63, 3.8) is 0 Å². The van der Waals surface area contributed by atoms with E-state index in [4.69, 9.17) is 9.15 Å². The number of hydrogen-bond acceptors (Lipinski definition) is 7. The highest BCUT2D eigenvalue weighted by atomic mass is 32.2. The summed E-state index contributed by atoms with van der Waals surface area (Å²) in [5, 5.41) is 0. The van der Waals surface area contributed by atoms with Crippen LogP contribution >= 0.6 is 0 Å². The second-order valence-electron chi connectivity index (χ2n) is 6.86. The fraction of sp³-hybridized carbons (Fsp3) is 0.136. The van der Waals surface area contributed by atoms with Crippen LogP contribution in [0.4, 0.5) is 0 Å². The number of hydrogen-bond donors (Lipinski definition) is 0. The number of methoxy groups -OCH3 is 1. The molecule has 0 aliphatic heterocycles. The Morgan fingerprint density at radius 2 is 1.77 bits per heavy atom. The number of sulfonamides is 1. The van der Waals surface area contributed by atoms with Gasteiger partial charge in [0, 0.05) is 44.2 Å². The van der Waals surface area contributed by atoms with E-state index < -0.39 is 10.0 Å². The molecular weight excluding hydrogens is 416 g/mol. The molecule has 0 atom stereocenters. The molecule has 3 heterocycles. The summed E-state index contributed by atoms with van der Waals surface area (Å²) in [5.41, 5.74) is 3.33. The molecule has 0 bridgehead atoms. The van der Waals surface area contributed by atoms with E-state index in [1.54, 1.807) is 68.1 Å². The molecule has 0 fully saturated rings. The number of ether oxygens (including phenoxy) is 1. The molecule has 0 unspecified atom stereocenters. The summed E-state index contributed by atoms with van der Waals surface area (Å²) in [7, 11) is 1.13. The van der Waals surface area contributed by atoms with Crippen LogP contribution in [0.25, 0.3) is 34.5 Å². The molecule has 0 aliphatic rings. The Morgan fingerprint density at radius 3 is 2.48 bits per heavy atom. The van der Waals surface area contributed by atoms with Crippen molar-refractivity contribution < 1.29 is 17.6 Å². The van der Waals surface area contributed by atoms with Gasteiger partial charge in [0.1, 0.15) is 5.75 Å². The number of aromatic nitrogens is 3. The van der Waals surface area contributed by atoms with E-state index in [0.717, 1.165) is 11.1 Å². The molecule has 31 heavy (non-hydrogen) atoms. The first kappa shape index (κ1) is 20.7. The second-order valence-corrected chi connectivity index (χ2v) is 9.02. The number of pyridine rings is 2. The molecule has 0 amide bonds. The summed E-state index contributed by atoms with van der Waals surface area (Å²) >= 11 is 0. The van der Waals surface area contributed by atoms with Crippen molar-refractivity contribution >= 4 is 33.4 Å². The van der Waals surface area contributed by atoms with Gasteiger partial charge in [0.05, 0.1) is 17.7 Å². The van der Waals surface area contributed by atoms with Crippen molar-refractivity contribution in [2.45, 2.75) is 4.90 Å². The van der Waals surface area contributed by atoms with E-state index in [-0.39, 0.29) is 4.90 Å². The van der Waals surface area contributed by atoms with Crippen molar-refractivity contribution in [2.75, 3.05) is 21.2 Å². The van der Waals surface area contributed by atoms with Gasteiger partial charge in [-0.2, -0.15) is 4.98 Å². The number of oxazole rings is 1. The molecule has 4 rings (SSSR count). The highest BCUT2D eigenvalue weighted by molar-refractivity contribution is 7.89. The molecule has 3 aromatic heterocycles. The number of benzene rings is 1. The van der Waals surface area contributed by atoms with Crippen LogP contribution < -0.4 is 4.74 Å². The zero-order chi connectivity index (χ0) is 22.0. The fourth-order valence-corrected chi connectivity index (χ4v) is 3.80. The third-order valence-electron chi connectivity index (χ3n) is 4.61. The van der Waals surface area contributed by atoms with Gasteiger partial charge in [-0.05, 0) is 35.9 Å². The lowest BCUT2D eigenvalue weighted by molar-refractivity contribution is 0.414.